The lowest BCUT2D eigenvalue weighted by molar-refractivity contribution is 0.326. The molecule has 0 aromatic heterocycles. The van der Waals surface area contributed by atoms with E-state index in [0.717, 1.165) is 25.7 Å². The highest BCUT2D eigenvalue weighted by Gasteiger charge is 2.34. The van der Waals surface area contributed by atoms with Gasteiger partial charge in [-0.3, -0.25) is 0 Å². The van der Waals surface area contributed by atoms with E-state index in [0.29, 0.717) is 13.1 Å². The summed E-state index contributed by atoms with van der Waals surface area (Å²) >= 11 is 0. The van der Waals surface area contributed by atoms with Crippen LogP contribution >= 0.6 is 0 Å². The van der Waals surface area contributed by atoms with Gasteiger partial charge in [0.15, 0.2) is 0 Å². The summed E-state index contributed by atoms with van der Waals surface area (Å²) in [6.07, 6.45) is 76.2. The molecule has 2 heteroatoms. The molecule has 0 bridgehead atoms. The molecule has 2 atom stereocenters. The fourth-order valence-electron chi connectivity index (χ4n) is 12.0. The summed E-state index contributed by atoms with van der Waals surface area (Å²) < 4.78 is 0. The van der Waals surface area contributed by atoms with Gasteiger partial charge in [-0.05, 0) is 193 Å². The highest BCUT2D eigenvalue weighted by molar-refractivity contribution is 5.42. The normalized spacial score (nSPS) is 24.4. The van der Waals surface area contributed by atoms with Gasteiger partial charge in [-0.2, -0.15) is 10.2 Å². The second-order valence-electron chi connectivity index (χ2n) is 26.5. The highest BCUT2D eigenvalue weighted by Crippen LogP contribution is 2.45. The van der Waals surface area contributed by atoms with Crippen molar-refractivity contribution in [3.63, 3.8) is 0 Å². The maximum atomic E-state index is 4.98. The standard InChI is InChI=1S/C80H110N2/c1-61(35-23-39-65(5)47-51-73-69(9)43-27-55-77(73,13)14)31-19-21-33-63(3)37-25-41-67(7)49-53-75-71(11)45-29-57-79(75,17)59-81-82-60-80(18)58-30-46-72(12)76(80)54-50-68(8)42-26-38-64(4)34-22-20-32-62(2)36-24-40-66(6)48-52-74-70(10)44-28-56-78(74,15)16/h19-26,31-42,47-54H,27-30,43-46,55-60H2,1-18H3/b21-19+,22-20+,35-23+,36-24+,37-25+,38-26+,51-47+,52-48+,53-49+,54-50+,61-31+,62-32+,63-33+,64-34+,65-39+,66-40+,67-41+,68-42+,82-81?/t79-,80-/m1/s1. The van der Waals surface area contributed by atoms with E-state index >= 15 is 0 Å². The molecule has 0 N–H and O–H groups in total. The second-order valence-corrected chi connectivity index (χ2v) is 26.5. The third-order valence-electron chi connectivity index (χ3n) is 17.4. The molecule has 0 aromatic rings. The molecule has 0 aromatic carbocycles. The van der Waals surface area contributed by atoms with E-state index in [9.17, 15) is 0 Å². The number of rotatable bonds is 24. The molecular formula is C80H110N2. The van der Waals surface area contributed by atoms with Gasteiger partial charge in [-0.25, -0.2) is 0 Å². The van der Waals surface area contributed by atoms with E-state index in [-0.39, 0.29) is 21.7 Å². The SMILES string of the molecule is CC1=C(/C=C/C(C)=C/C=C/C(C)=C/C=C/C=C(C)/C=C/C=C(C)/C=C/C2=C(C)CCC[C@]2(C)CN=NC[C@@]2(C)CCCC(C)=C2/C=C/C(C)=C/C=C/C(C)=C/C=C/C=C(C)/C=C/C=C(C)/C=C/C2=C(C)CCCC2(C)C)C(C)(C)CCC1. The number of nitrogens with zero attached hydrogens (tertiary/aromatic N) is 2. The van der Waals surface area contributed by atoms with Crippen LogP contribution in [0.2, 0.25) is 0 Å². The van der Waals surface area contributed by atoms with Crippen molar-refractivity contribution in [2.24, 2.45) is 31.9 Å². The molecule has 0 amide bonds. The number of azo groups is 1. The fourth-order valence-corrected chi connectivity index (χ4v) is 12.0. The predicted octanol–water partition coefficient (Wildman–Crippen LogP) is 24.6. The molecule has 0 spiro atoms. The van der Waals surface area contributed by atoms with Crippen molar-refractivity contribution in [2.75, 3.05) is 13.1 Å². The van der Waals surface area contributed by atoms with Crippen LogP contribution in [-0.2, 0) is 0 Å². The zero-order valence-electron chi connectivity index (χ0n) is 55.0. The monoisotopic (exact) mass is 1100 g/mol. The van der Waals surface area contributed by atoms with Crippen LogP contribution < -0.4 is 0 Å². The molecule has 0 saturated heterocycles. The minimum atomic E-state index is -0.0309. The Balaban J connectivity index is 1.27. The van der Waals surface area contributed by atoms with Crippen molar-refractivity contribution in [1.82, 2.24) is 0 Å². The molecule has 440 valence electrons. The molecule has 4 aliphatic rings. The van der Waals surface area contributed by atoms with Crippen LogP contribution in [0.15, 0.2) is 270 Å². The van der Waals surface area contributed by atoms with Gasteiger partial charge in [-0.15, -0.1) is 0 Å². The Labute approximate surface area is 503 Å². The summed E-state index contributed by atoms with van der Waals surface area (Å²) in [5.41, 5.74) is 22.2. The van der Waals surface area contributed by atoms with Crippen molar-refractivity contribution in [3.8, 4) is 0 Å². The van der Waals surface area contributed by atoms with Crippen LogP contribution in [0, 0.1) is 21.7 Å². The third-order valence-corrected chi connectivity index (χ3v) is 17.4. The van der Waals surface area contributed by atoms with Crippen LogP contribution in [0.5, 0.6) is 0 Å². The molecule has 0 saturated carbocycles. The topological polar surface area (TPSA) is 24.7 Å². The molecule has 0 fully saturated rings. The first-order valence-corrected chi connectivity index (χ1v) is 31.1. The largest absolute Gasteiger partial charge is 0.193 e. The first kappa shape index (κ1) is 68.4. The van der Waals surface area contributed by atoms with Gasteiger partial charge in [0, 0.05) is 10.8 Å². The summed E-state index contributed by atoms with van der Waals surface area (Å²) in [5, 5.41) is 9.95. The Morgan fingerprint density at radius 1 is 0.305 bits per heavy atom. The predicted molar refractivity (Wildman–Crippen MR) is 366 cm³/mol. The van der Waals surface area contributed by atoms with E-state index in [1.54, 1.807) is 11.1 Å². The van der Waals surface area contributed by atoms with E-state index in [1.165, 1.54) is 129 Å². The van der Waals surface area contributed by atoms with Gasteiger partial charge in [0.1, 0.15) is 0 Å². The van der Waals surface area contributed by atoms with Crippen molar-refractivity contribution in [3.05, 3.63) is 259 Å². The first-order valence-electron chi connectivity index (χ1n) is 31.1. The molecule has 0 radical (unpaired) electrons. The lowest BCUT2D eigenvalue weighted by Crippen LogP contribution is -2.28. The van der Waals surface area contributed by atoms with Gasteiger partial charge in [0.2, 0.25) is 0 Å². The summed E-state index contributed by atoms with van der Waals surface area (Å²) in [6, 6.07) is 0. The Morgan fingerprint density at radius 3 is 0.793 bits per heavy atom. The van der Waals surface area contributed by atoms with Crippen molar-refractivity contribution >= 4 is 0 Å². The summed E-state index contributed by atoms with van der Waals surface area (Å²) in [7, 11) is 0. The Kier molecular flexibility index (Phi) is 28.2. The highest BCUT2D eigenvalue weighted by atomic mass is 15.1. The average molecular weight is 1100 g/mol. The van der Waals surface area contributed by atoms with Crippen molar-refractivity contribution in [2.45, 2.75) is 202 Å². The van der Waals surface area contributed by atoms with Crippen molar-refractivity contribution in [1.29, 1.82) is 0 Å². The maximum Gasteiger partial charge on any atom is 0.0692 e. The van der Waals surface area contributed by atoms with Gasteiger partial charge < -0.3 is 0 Å². The second kappa shape index (κ2) is 33.9. The molecule has 0 aliphatic heterocycles. The van der Waals surface area contributed by atoms with Gasteiger partial charge >= 0.3 is 0 Å². The van der Waals surface area contributed by atoms with E-state index in [2.05, 4.69) is 295 Å². The summed E-state index contributed by atoms with van der Waals surface area (Å²) in [5.74, 6) is 0. The average Bonchev–Trinajstić information content (AvgIpc) is 3.60. The zero-order chi connectivity index (χ0) is 60.4. The van der Waals surface area contributed by atoms with E-state index in [4.69, 9.17) is 10.2 Å². The molecule has 4 aliphatic carbocycles. The van der Waals surface area contributed by atoms with Gasteiger partial charge in [0.05, 0.1) is 13.1 Å². The molecule has 82 heavy (non-hydrogen) atoms. The Bertz CT molecular complexity index is 2760. The van der Waals surface area contributed by atoms with Crippen molar-refractivity contribution < 1.29 is 0 Å². The van der Waals surface area contributed by atoms with Crippen LogP contribution in [0.25, 0.3) is 0 Å². The van der Waals surface area contributed by atoms with Crippen LogP contribution in [0.1, 0.15) is 202 Å². The number of hydrogen-bond donors (Lipinski definition) is 0. The molecule has 0 unspecified atom stereocenters. The summed E-state index contributed by atoms with van der Waals surface area (Å²) in [6.45, 7) is 42.3. The Hall–Kier alpha value is -6.12. The minimum Gasteiger partial charge on any atom is -0.193 e. The zero-order valence-corrected chi connectivity index (χ0v) is 55.0. The van der Waals surface area contributed by atoms with Gasteiger partial charge in [-0.1, -0.05) is 279 Å². The lowest BCUT2D eigenvalue weighted by Gasteiger charge is -2.36. The smallest absolute Gasteiger partial charge is 0.0692 e. The van der Waals surface area contributed by atoms with Crippen LogP contribution in [-0.4, -0.2) is 13.1 Å². The van der Waals surface area contributed by atoms with Gasteiger partial charge in [0.25, 0.3) is 0 Å². The minimum absolute atomic E-state index is 0.0309. The van der Waals surface area contributed by atoms with Crippen LogP contribution in [0.3, 0.4) is 0 Å². The van der Waals surface area contributed by atoms with E-state index in [1.807, 2.05) is 0 Å². The number of allylic oxidation sites excluding steroid dienone is 42. The Morgan fingerprint density at radius 2 is 0.524 bits per heavy atom. The summed E-state index contributed by atoms with van der Waals surface area (Å²) in [4.78, 5) is 0. The molecular weight excluding hydrogens is 989 g/mol. The fraction of sp³-hybridized carbons (Fsp3) is 0.450. The van der Waals surface area contributed by atoms with E-state index < -0.39 is 0 Å². The quantitative estimate of drug-likeness (QED) is 0.0680. The molecule has 0 heterocycles. The third kappa shape index (κ3) is 23.6. The number of hydrogen-bond acceptors (Lipinski definition) is 2. The molecule has 2 nitrogen and oxygen atoms in total. The maximum absolute atomic E-state index is 4.98. The lowest BCUT2D eigenvalue weighted by atomic mass is 9.71. The molecule has 4 rings (SSSR count). The van der Waals surface area contributed by atoms with Crippen LogP contribution in [0.4, 0.5) is 0 Å². The first-order chi connectivity index (χ1) is 38.8.